The molecule has 0 radical (unpaired) electrons. The summed E-state index contributed by atoms with van der Waals surface area (Å²) in [5.41, 5.74) is 0.509. The maximum absolute atomic E-state index is 10.4. The summed E-state index contributed by atoms with van der Waals surface area (Å²) in [7, 11) is 0. The van der Waals surface area contributed by atoms with Crippen LogP contribution < -0.4 is 0 Å². The van der Waals surface area contributed by atoms with Crippen molar-refractivity contribution in [1.29, 1.82) is 0 Å². The molecule has 0 saturated carbocycles. The minimum absolute atomic E-state index is 0.254. The molecule has 4 aromatic rings. The van der Waals surface area contributed by atoms with E-state index in [1.54, 1.807) is 48.5 Å². The quantitative estimate of drug-likeness (QED) is 0.390. The van der Waals surface area contributed by atoms with Crippen LogP contribution in [0.2, 0.25) is 0 Å². The summed E-state index contributed by atoms with van der Waals surface area (Å²) >= 11 is 0. The molecule has 0 saturated heterocycles. The van der Waals surface area contributed by atoms with Crippen molar-refractivity contribution in [3.8, 4) is 34.1 Å². The van der Waals surface area contributed by atoms with Crippen LogP contribution in [0.25, 0.3) is 32.7 Å². The topological polar surface area (TPSA) is 80.9 Å². The number of phenols is 4. The second-order valence-corrected chi connectivity index (χ2v) is 5.68. The lowest BCUT2D eigenvalue weighted by molar-refractivity contribution is 0.404. The second-order valence-electron chi connectivity index (χ2n) is 5.68. The van der Waals surface area contributed by atoms with E-state index in [-0.39, 0.29) is 34.1 Å². The van der Waals surface area contributed by atoms with Crippen LogP contribution in [0.4, 0.5) is 0 Å². The Kier molecular flexibility index (Phi) is 3.00. The molecule has 4 nitrogen and oxygen atoms in total. The van der Waals surface area contributed by atoms with E-state index in [2.05, 4.69) is 0 Å². The van der Waals surface area contributed by atoms with Gasteiger partial charge in [-0.3, -0.25) is 0 Å². The highest BCUT2D eigenvalue weighted by Crippen LogP contribution is 2.48. The summed E-state index contributed by atoms with van der Waals surface area (Å²) in [6.07, 6.45) is 0. The molecule has 0 heterocycles. The first-order valence-corrected chi connectivity index (χ1v) is 7.45. The Morgan fingerprint density at radius 2 is 0.833 bits per heavy atom. The molecule has 24 heavy (non-hydrogen) atoms. The first kappa shape index (κ1) is 14.2. The van der Waals surface area contributed by atoms with Crippen LogP contribution in [-0.2, 0) is 0 Å². The molecule has 0 fully saturated rings. The number of aromatic hydroxyl groups is 4. The molecule has 0 spiro atoms. The van der Waals surface area contributed by atoms with E-state index < -0.39 is 0 Å². The fourth-order valence-electron chi connectivity index (χ4n) is 3.05. The van der Waals surface area contributed by atoms with Gasteiger partial charge >= 0.3 is 0 Å². The molecule has 4 heteroatoms. The molecule has 0 atom stereocenters. The van der Waals surface area contributed by atoms with E-state index in [4.69, 9.17) is 0 Å². The van der Waals surface area contributed by atoms with Gasteiger partial charge in [0.05, 0.1) is 0 Å². The molecule has 0 aliphatic rings. The highest BCUT2D eigenvalue weighted by Gasteiger charge is 2.19. The van der Waals surface area contributed by atoms with Gasteiger partial charge in [-0.25, -0.2) is 0 Å². The lowest BCUT2D eigenvalue weighted by Crippen LogP contribution is -1.86. The Morgan fingerprint density at radius 3 is 1.25 bits per heavy atom. The van der Waals surface area contributed by atoms with Gasteiger partial charge in [0.1, 0.15) is 0 Å². The van der Waals surface area contributed by atoms with Gasteiger partial charge in [0, 0.05) is 21.9 Å². The molecular weight excluding hydrogens is 304 g/mol. The summed E-state index contributed by atoms with van der Waals surface area (Å²) in [6, 6.07) is 17.5. The van der Waals surface area contributed by atoms with Crippen LogP contribution in [0.15, 0.2) is 60.7 Å². The fourth-order valence-corrected chi connectivity index (χ4v) is 3.05. The maximum atomic E-state index is 10.4. The SMILES string of the molecule is Oc1c(-c2cc3ccccc3c(O)c2O)cc2ccccc2c1O. The van der Waals surface area contributed by atoms with E-state index in [0.717, 1.165) is 10.8 Å². The first-order valence-electron chi connectivity index (χ1n) is 7.45. The number of rotatable bonds is 1. The van der Waals surface area contributed by atoms with Gasteiger partial charge in [-0.15, -0.1) is 0 Å². The zero-order chi connectivity index (χ0) is 16.8. The largest absolute Gasteiger partial charge is 0.504 e. The number of phenolic OH excluding ortho intramolecular Hbond substituents is 4. The average molecular weight is 318 g/mol. The van der Waals surface area contributed by atoms with Crippen molar-refractivity contribution < 1.29 is 20.4 Å². The van der Waals surface area contributed by atoms with Crippen molar-refractivity contribution in [2.24, 2.45) is 0 Å². The molecule has 0 bridgehead atoms. The number of hydrogen-bond donors (Lipinski definition) is 4. The number of hydrogen-bond acceptors (Lipinski definition) is 4. The van der Waals surface area contributed by atoms with Crippen LogP contribution in [0.5, 0.6) is 23.0 Å². The normalized spacial score (nSPS) is 11.2. The summed E-state index contributed by atoms with van der Waals surface area (Å²) in [4.78, 5) is 0. The monoisotopic (exact) mass is 318 g/mol. The average Bonchev–Trinajstić information content (AvgIpc) is 2.61. The highest BCUT2D eigenvalue weighted by atomic mass is 16.3. The van der Waals surface area contributed by atoms with E-state index >= 15 is 0 Å². The summed E-state index contributed by atoms with van der Waals surface area (Å²) in [5.74, 6) is -1.18. The van der Waals surface area contributed by atoms with Crippen molar-refractivity contribution in [2.75, 3.05) is 0 Å². The maximum Gasteiger partial charge on any atom is 0.166 e. The van der Waals surface area contributed by atoms with Crippen LogP contribution >= 0.6 is 0 Å². The van der Waals surface area contributed by atoms with Gasteiger partial charge in [-0.05, 0) is 22.9 Å². The molecule has 118 valence electrons. The zero-order valence-electron chi connectivity index (χ0n) is 12.6. The molecule has 4 rings (SSSR count). The minimum atomic E-state index is -0.335. The Morgan fingerprint density at radius 1 is 0.458 bits per heavy atom. The van der Waals surface area contributed by atoms with Crippen molar-refractivity contribution >= 4 is 21.5 Å². The third kappa shape index (κ3) is 1.93. The lowest BCUT2D eigenvalue weighted by Gasteiger charge is -2.13. The highest BCUT2D eigenvalue weighted by molar-refractivity contribution is 6.01. The molecule has 0 aromatic heterocycles. The van der Waals surface area contributed by atoms with Crippen molar-refractivity contribution in [1.82, 2.24) is 0 Å². The lowest BCUT2D eigenvalue weighted by atomic mass is 9.95. The molecule has 0 aliphatic carbocycles. The summed E-state index contributed by atoms with van der Waals surface area (Å²) < 4.78 is 0. The Hall–Kier alpha value is -3.40. The van der Waals surface area contributed by atoms with Crippen LogP contribution in [0, 0.1) is 0 Å². The van der Waals surface area contributed by atoms with Gasteiger partial charge < -0.3 is 20.4 Å². The standard InChI is InChI=1S/C20H14O4/c21-17-13-7-3-1-5-11(13)9-15(19(17)23)16-10-12-6-2-4-8-14(12)18(22)20(16)24/h1-10,21-24H. The smallest absolute Gasteiger partial charge is 0.166 e. The van der Waals surface area contributed by atoms with Gasteiger partial charge in [0.15, 0.2) is 23.0 Å². The third-order valence-electron chi connectivity index (χ3n) is 4.28. The fraction of sp³-hybridized carbons (Fsp3) is 0. The predicted octanol–water partition coefficient (Wildman–Crippen LogP) is 4.48. The Balaban J connectivity index is 2.10. The van der Waals surface area contributed by atoms with Crippen molar-refractivity contribution in [3.63, 3.8) is 0 Å². The molecular formula is C20H14O4. The van der Waals surface area contributed by atoms with E-state index in [1.807, 2.05) is 12.1 Å². The van der Waals surface area contributed by atoms with E-state index in [0.29, 0.717) is 10.8 Å². The molecule has 4 N–H and O–H groups in total. The van der Waals surface area contributed by atoms with Gasteiger partial charge in [-0.1, -0.05) is 48.5 Å². The molecule has 0 aliphatic heterocycles. The van der Waals surface area contributed by atoms with E-state index in [1.165, 1.54) is 0 Å². The third-order valence-corrected chi connectivity index (χ3v) is 4.28. The van der Waals surface area contributed by atoms with Gasteiger partial charge in [0.25, 0.3) is 0 Å². The van der Waals surface area contributed by atoms with Gasteiger partial charge in [-0.2, -0.15) is 0 Å². The van der Waals surface area contributed by atoms with Gasteiger partial charge in [0.2, 0.25) is 0 Å². The summed E-state index contributed by atoms with van der Waals surface area (Å²) in [5, 5.41) is 43.8. The predicted molar refractivity (Wildman–Crippen MR) is 93.5 cm³/mol. The second kappa shape index (κ2) is 5.06. The number of benzene rings is 4. The summed E-state index contributed by atoms with van der Waals surface area (Å²) in [6.45, 7) is 0. The van der Waals surface area contributed by atoms with Crippen molar-refractivity contribution in [3.05, 3.63) is 60.7 Å². The van der Waals surface area contributed by atoms with Crippen LogP contribution in [0.3, 0.4) is 0 Å². The number of fused-ring (bicyclic) bond motifs is 2. The Bertz CT molecular complexity index is 1010. The van der Waals surface area contributed by atoms with Crippen molar-refractivity contribution in [2.45, 2.75) is 0 Å². The first-order chi connectivity index (χ1) is 11.6. The molecule has 0 unspecified atom stereocenters. The Labute approximate surface area is 137 Å². The van der Waals surface area contributed by atoms with Crippen LogP contribution in [0.1, 0.15) is 0 Å². The molecule has 4 aromatic carbocycles. The zero-order valence-corrected chi connectivity index (χ0v) is 12.6. The van der Waals surface area contributed by atoms with Crippen LogP contribution in [-0.4, -0.2) is 20.4 Å². The molecule has 0 amide bonds. The van der Waals surface area contributed by atoms with E-state index in [9.17, 15) is 20.4 Å². The minimum Gasteiger partial charge on any atom is -0.504 e.